The number of nitrogens with one attached hydrogen (secondary N) is 1. The smallest absolute Gasteiger partial charge is 0.270 e. The summed E-state index contributed by atoms with van der Waals surface area (Å²) in [7, 11) is 1.85. The molecule has 0 bridgehead atoms. The van der Waals surface area contributed by atoms with E-state index < -0.39 is 4.92 Å². The Morgan fingerprint density at radius 2 is 2.32 bits per heavy atom. The number of aromatic nitrogens is 2. The summed E-state index contributed by atoms with van der Waals surface area (Å²) in [5, 5.41) is 17.6. The van der Waals surface area contributed by atoms with Crippen LogP contribution in [0.4, 0.5) is 5.69 Å². The molecule has 0 fully saturated rings. The summed E-state index contributed by atoms with van der Waals surface area (Å²) in [5.74, 6) is 0.866. The van der Waals surface area contributed by atoms with E-state index in [1.807, 2.05) is 14.0 Å². The molecular formula is C12H14N4O3. The van der Waals surface area contributed by atoms with E-state index >= 15 is 0 Å². The number of rotatable bonds is 5. The largest absolute Gasteiger partial charge is 0.334 e. The summed E-state index contributed by atoms with van der Waals surface area (Å²) < 4.78 is 5.12. The van der Waals surface area contributed by atoms with Gasteiger partial charge in [-0.15, -0.1) is 0 Å². The molecule has 7 heteroatoms. The molecule has 0 saturated carbocycles. The molecule has 1 N–H and O–H groups in total. The van der Waals surface area contributed by atoms with Crippen molar-refractivity contribution < 1.29 is 9.45 Å². The van der Waals surface area contributed by atoms with Gasteiger partial charge in [-0.25, -0.2) is 0 Å². The zero-order valence-corrected chi connectivity index (χ0v) is 10.7. The highest BCUT2D eigenvalue weighted by Gasteiger charge is 2.13. The van der Waals surface area contributed by atoms with Crippen LogP contribution in [0.2, 0.25) is 0 Å². The van der Waals surface area contributed by atoms with Crippen LogP contribution >= 0.6 is 0 Å². The zero-order chi connectivity index (χ0) is 13.8. The fraction of sp³-hybridized carbons (Fsp3) is 0.333. The highest BCUT2D eigenvalue weighted by atomic mass is 16.6. The predicted molar refractivity (Wildman–Crippen MR) is 68.6 cm³/mol. The van der Waals surface area contributed by atoms with Crippen molar-refractivity contribution in [2.45, 2.75) is 19.4 Å². The molecular weight excluding hydrogens is 248 g/mol. The lowest BCUT2D eigenvalue weighted by atomic mass is 10.2. The monoisotopic (exact) mass is 262 g/mol. The summed E-state index contributed by atoms with van der Waals surface area (Å²) in [4.78, 5) is 14.5. The fourth-order valence-electron chi connectivity index (χ4n) is 1.58. The molecule has 0 aliphatic carbocycles. The van der Waals surface area contributed by atoms with Crippen LogP contribution in [0.15, 0.2) is 28.8 Å². The second-order valence-corrected chi connectivity index (χ2v) is 4.22. The van der Waals surface area contributed by atoms with Gasteiger partial charge in [0.2, 0.25) is 0 Å². The topological polar surface area (TPSA) is 94.1 Å². The van der Waals surface area contributed by atoms with Gasteiger partial charge in [-0.05, 0) is 20.0 Å². The minimum absolute atomic E-state index is 0.000780. The maximum absolute atomic E-state index is 10.7. The predicted octanol–water partition coefficient (Wildman–Crippen LogP) is 1.80. The Labute approximate surface area is 109 Å². The molecule has 7 nitrogen and oxygen atoms in total. The van der Waals surface area contributed by atoms with Crippen LogP contribution in [0.3, 0.4) is 0 Å². The number of benzene rings is 1. The van der Waals surface area contributed by atoms with Crippen LogP contribution in [0.5, 0.6) is 0 Å². The van der Waals surface area contributed by atoms with E-state index in [1.54, 1.807) is 12.1 Å². The second-order valence-electron chi connectivity index (χ2n) is 4.22. The van der Waals surface area contributed by atoms with Crippen LogP contribution in [0.25, 0.3) is 11.5 Å². The Bertz CT molecular complexity index is 582. The van der Waals surface area contributed by atoms with Gasteiger partial charge >= 0.3 is 0 Å². The van der Waals surface area contributed by atoms with E-state index in [2.05, 4.69) is 15.5 Å². The Kier molecular flexibility index (Phi) is 3.86. The van der Waals surface area contributed by atoms with E-state index in [9.17, 15) is 10.1 Å². The van der Waals surface area contributed by atoms with E-state index in [0.29, 0.717) is 23.7 Å². The van der Waals surface area contributed by atoms with Crippen LogP contribution < -0.4 is 5.32 Å². The third-order valence-electron chi connectivity index (χ3n) is 2.75. The van der Waals surface area contributed by atoms with Gasteiger partial charge in [0.1, 0.15) is 0 Å². The number of nitro benzene ring substituents is 1. The molecule has 0 radical (unpaired) electrons. The molecule has 2 aromatic rings. The molecule has 1 atom stereocenters. The first-order valence-electron chi connectivity index (χ1n) is 5.85. The number of likely N-dealkylation sites (N-methyl/N-ethyl adjacent to an activating group) is 1. The van der Waals surface area contributed by atoms with Crippen molar-refractivity contribution in [3.05, 3.63) is 40.2 Å². The summed E-state index contributed by atoms with van der Waals surface area (Å²) in [5.41, 5.74) is 0.547. The van der Waals surface area contributed by atoms with Gasteiger partial charge in [0, 0.05) is 30.2 Å². The van der Waals surface area contributed by atoms with Gasteiger partial charge in [-0.2, -0.15) is 4.98 Å². The molecule has 0 aliphatic heterocycles. The zero-order valence-electron chi connectivity index (χ0n) is 10.7. The number of nitrogens with zero attached hydrogens (tertiary/aromatic N) is 3. The van der Waals surface area contributed by atoms with Gasteiger partial charge < -0.3 is 9.84 Å². The van der Waals surface area contributed by atoms with Crippen molar-refractivity contribution in [2.75, 3.05) is 7.05 Å². The van der Waals surface area contributed by atoms with Crippen molar-refractivity contribution >= 4 is 5.69 Å². The SMILES string of the molecule is CNC(C)Cc1noc(-c2cccc([N+](=O)[O-])c2)n1. The molecule has 1 heterocycles. The molecule has 0 saturated heterocycles. The summed E-state index contributed by atoms with van der Waals surface area (Å²) >= 11 is 0. The number of nitro groups is 1. The molecule has 100 valence electrons. The number of non-ortho nitro benzene ring substituents is 1. The van der Waals surface area contributed by atoms with E-state index in [4.69, 9.17) is 4.52 Å². The van der Waals surface area contributed by atoms with E-state index in [-0.39, 0.29) is 11.7 Å². The summed E-state index contributed by atoms with van der Waals surface area (Å²) in [6.45, 7) is 2.00. The van der Waals surface area contributed by atoms with E-state index in [1.165, 1.54) is 12.1 Å². The van der Waals surface area contributed by atoms with Crippen LogP contribution in [0.1, 0.15) is 12.7 Å². The summed E-state index contributed by atoms with van der Waals surface area (Å²) in [6, 6.07) is 6.36. The first-order valence-corrected chi connectivity index (χ1v) is 5.85. The van der Waals surface area contributed by atoms with Gasteiger partial charge in [0.25, 0.3) is 11.6 Å². The van der Waals surface area contributed by atoms with Gasteiger partial charge in [0.15, 0.2) is 5.82 Å². The minimum Gasteiger partial charge on any atom is -0.334 e. The Balaban J connectivity index is 2.22. The average Bonchev–Trinajstić information content (AvgIpc) is 2.87. The van der Waals surface area contributed by atoms with Gasteiger partial charge in [-0.1, -0.05) is 11.2 Å². The third-order valence-corrected chi connectivity index (χ3v) is 2.75. The average molecular weight is 262 g/mol. The first-order chi connectivity index (χ1) is 9.10. The molecule has 0 aliphatic rings. The third kappa shape index (κ3) is 3.14. The normalized spacial score (nSPS) is 12.3. The molecule has 1 unspecified atom stereocenters. The van der Waals surface area contributed by atoms with Crippen LogP contribution in [-0.2, 0) is 6.42 Å². The van der Waals surface area contributed by atoms with Crippen LogP contribution in [0, 0.1) is 10.1 Å². The van der Waals surface area contributed by atoms with Crippen molar-refractivity contribution in [3.63, 3.8) is 0 Å². The summed E-state index contributed by atoms with van der Waals surface area (Å²) in [6.07, 6.45) is 0.634. The molecule has 1 aromatic heterocycles. The van der Waals surface area contributed by atoms with Crippen molar-refractivity contribution in [1.29, 1.82) is 0 Å². The Morgan fingerprint density at radius 1 is 1.53 bits per heavy atom. The lowest BCUT2D eigenvalue weighted by Crippen LogP contribution is -2.24. The molecule has 1 aromatic carbocycles. The Hall–Kier alpha value is -2.28. The highest BCUT2D eigenvalue weighted by molar-refractivity contribution is 5.57. The maximum Gasteiger partial charge on any atom is 0.270 e. The fourth-order valence-corrected chi connectivity index (χ4v) is 1.58. The number of hydrogen-bond donors (Lipinski definition) is 1. The Morgan fingerprint density at radius 3 is 3.00 bits per heavy atom. The molecule has 0 amide bonds. The lowest BCUT2D eigenvalue weighted by Gasteiger charge is -2.04. The molecule has 19 heavy (non-hydrogen) atoms. The van der Waals surface area contributed by atoms with Crippen LogP contribution in [-0.4, -0.2) is 28.2 Å². The molecule has 0 spiro atoms. The molecule has 2 rings (SSSR count). The van der Waals surface area contributed by atoms with Crippen molar-refractivity contribution in [1.82, 2.24) is 15.5 Å². The van der Waals surface area contributed by atoms with Gasteiger partial charge in [0.05, 0.1) is 4.92 Å². The minimum atomic E-state index is -0.455. The standard InChI is InChI=1S/C12H14N4O3/c1-8(13-2)6-11-14-12(19-15-11)9-4-3-5-10(7-9)16(17)18/h3-5,7-8,13H,6H2,1-2H3. The quantitative estimate of drug-likeness (QED) is 0.652. The van der Waals surface area contributed by atoms with Crippen molar-refractivity contribution in [3.8, 4) is 11.5 Å². The van der Waals surface area contributed by atoms with E-state index in [0.717, 1.165) is 0 Å². The second kappa shape index (κ2) is 5.57. The first kappa shape index (κ1) is 13.2. The van der Waals surface area contributed by atoms with Crippen molar-refractivity contribution in [2.24, 2.45) is 0 Å². The van der Waals surface area contributed by atoms with Gasteiger partial charge in [-0.3, -0.25) is 10.1 Å². The number of hydrogen-bond acceptors (Lipinski definition) is 6. The lowest BCUT2D eigenvalue weighted by molar-refractivity contribution is -0.384. The maximum atomic E-state index is 10.7. The highest BCUT2D eigenvalue weighted by Crippen LogP contribution is 2.22.